The average molecular weight is 388 g/mol. The highest BCUT2D eigenvalue weighted by Crippen LogP contribution is 2.17. The van der Waals surface area contributed by atoms with Gasteiger partial charge in [-0.25, -0.2) is 4.98 Å². The van der Waals surface area contributed by atoms with Crippen LogP contribution in [0.15, 0.2) is 16.9 Å². The molecule has 2 heterocycles. The van der Waals surface area contributed by atoms with Gasteiger partial charge in [-0.15, -0.1) is 0 Å². The van der Waals surface area contributed by atoms with Crippen LogP contribution >= 0.6 is 0 Å². The van der Waals surface area contributed by atoms with E-state index in [4.69, 9.17) is 15.2 Å². The summed E-state index contributed by atoms with van der Waals surface area (Å²) in [5.41, 5.74) is 4.59. The van der Waals surface area contributed by atoms with Crippen molar-refractivity contribution in [1.29, 1.82) is 0 Å². The molecule has 0 aliphatic carbocycles. The lowest BCUT2D eigenvalue weighted by atomic mass is 10.1. The van der Waals surface area contributed by atoms with Crippen LogP contribution in [-0.2, 0) is 16.0 Å². The minimum atomic E-state index is -1.49. The highest BCUT2D eigenvalue weighted by molar-refractivity contribution is 6.01. The van der Waals surface area contributed by atoms with Gasteiger partial charge < -0.3 is 30.2 Å². The van der Waals surface area contributed by atoms with Crippen LogP contribution in [0, 0.1) is 11.8 Å². The summed E-state index contributed by atoms with van der Waals surface area (Å²) in [6.07, 6.45) is 0. The lowest BCUT2D eigenvalue weighted by Gasteiger charge is -2.19. The number of aromatic nitrogens is 2. The summed E-state index contributed by atoms with van der Waals surface area (Å²) in [5, 5.41) is 13.1. The second-order valence-electron chi connectivity index (χ2n) is 6.13. The Morgan fingerprint density at radius 1 is 1.36 bits per heavy atom. The largest absolute Gasteiger partial charge is 0.384 e. The Balaban J connectivity index is 2.65. The van der Waals surface area contributed by atoms with Gasteiger partial charge in [0.2, 0.25) is 5.43 Å². The van der Waals surface area contributed by atoms with Gasteiger partial charge in [0.05, 0.1) is 18.6 Å². The topological polar surface area (TPSA) is 129 Å². The zero-order valence-electron chi connectivity index (χ0n) is 16.3. The number of rotatable bonds is 6. The van der Waals surface area contributed by atoms with Crippen molar-refractivity contribution in [3.05, 3.63) is 33.6 Å². The van der Waals surface area contributed by atoms with Gasteiger partial charge in [-0.2, -0.15) is 0 Å². The fraction of sp³-hybridized carbons (Fsp3) is 0.421. The number of nitrogen functional groups attached to an aromatic ring is 1. The van der Waals surface area contributed by atoms with Gasteiger partial charge in [-0.05, 0) is 25.0 Å². The monoisotopic (exact) mass is 388 g/mol. The molecule has 0 unspecified atom stereocenters. The molecular formula is C19H24N4O5. The van der Waals surface area contributed by atoms with Gasteiger partial charge in [-0.3, -0.25) is 9.59 Å². The number of nitrogens with zero attached hydrogens (tertiary/aromatic N) is 2. The van der Waals surface area contributed by atoms with Crippen LogP contribution in [-0.4, -0.2) is 60.6 Å². The first kappa shape index (κ1) is 21.4. The van der Waals surface area contributed by atoms with Crippen molar-refractivity contribution in [3.8, 4) is 11.8 Å². The van der Waals surface area contributed by atoms with E-state index in [0.29, 0.717) is 17.9 Å². The molecule has 2 rings (SSSR count). The molecule has 0 radical (unpaired) electrons. The molecule has 0 aliphatic heterocycles. The molecule has 0 atom stereocenters. The standard InChI is InChI=1S/C19H24N4O5/c1-5-23-16(20)14(18(25)21-2)15(24)13-7-6-12(22-17(13)23)8-9-19(26,10-27-3)11-28-4/h6-7,26H,5,10-11,20H2,1-4H3,(H,21,25). The number of nitrogens with two attached hydrogens (primary N) is 1. The van der Waals surface area contributed by atoms with E-state index in [0.717, 1.165) is 0 Å². The fourth-order valence-corrected chi connectivity index (χ4v) is 2.84. The summed E-state index contributed by atoms with van der Waals surface area (Å²) in [5.74, 6) is 4.95. The number of pyridine rings is 2. The molecule has 0 saturated heterocycles. The zero-order chi connectivity index (χ0) is 20.9. The second kappa shape index (κ2) is 8.84. The minimum absolute atomic E-state index is 0.0345. The van der Waals surface area contributed by atoms with Gasteiger partial charge in [0.1, 0.15) is 22.7 Å². The normalized spacial score (nSPS) is 11.2. The zero-order valence-corrected chi connectivity index (χ0v) is 16.3. The Morgan fingerprint density at radius 3 is 2.54 bits per heavy atom. The summed E-state index contributed by atoms with van der Waals surface area (Å²) >= 11 is 0. The quantitative estimate of drug-likeness (QED) is 0.581. The first-order chi connectivity index (χ1) is 13.3. The fourth-order valence-electron chi connectivity index (χ4n) is 2.84. The highest BCUT2D eigenvalue weighted by Gasteiger charge is 2.24. The number of hydrogen-bond donors (Lipinski definition) is 3. The van der Waals surface area contributed by atoms with E-state index in [2.05, 4.69) is 22.1 Å². The number of ether oxygens (including phenoxy) is 2. The molecule has 9 nitrogen and oxygen atoms in total. The van der Waals surface area contributed by atoms with Crippen LogP contribution in [0.2, 0.25) is 0 Å². The van der Waals surface area contributed by atoms with E-state index in [1.165, 1.54) is 21.3 Å². The van der Waals surface area contributed by atoms with Gasteiger partial charge in [0, 0.05) is 27.8 Å². The van der Waals surface area contributed by atoms with Crippen LogP contribution in [0.5, 0.6) is 0 Å². The van der Waals surface area contributed by atoms with Gasteiger partial charge in [0.25, 0.3) is 5.91 Å². The molecule has 150 valence electrons. The second-order valence-corrected chi connectivity index (χ2v) is 6.13. The van der Waals surface area contributed by atoms with Crippen LogP contribution < -0.4 is 16.5 Å². The van der Waals surface area contributed by atoms with Crippen molar-refractivity contribution in [3.63, 3.8) is 0 Å². The molecule has 0 fully saturated rings. The number of aliphatic hydroxyl groups is 1. The third kappa shape index (κ3) is 4.14. The summed E-state index contributed by atoms with van der Waals surface area (Å²) in [4.78, 5) is 29.2. The molecule has 0 spiro atoms. The number of nitrogens with one attached hydrogen (secondary N) is 1. The summed E-state index contributed by atoms with van der Waals surface area (Å²) in [6.45, 7) is 2.14. The van der Waals surface area contributed by atoms with Crippen LogP contribution in [0.25, 0.3) is 11.0 Å². The average Bonchev–Trinajstić information content (AvgIpc) is 2.67. The third-order valence-corrected chi connectivity index (χ3v) is 4.11. The Hall–Kier alpha value is -2.93. The summed E-state index contributed by atoms with van der Waals surface area (Å²) in [7, 11) is 4.33. The number of aryl methyl sites for hydroxylation is 1. The molecule has 0 aromatic carbocycles. The van der Waals surface area contributed by atoms with E-state index in [1.54, 1.807) is 16.7 Å². The van der Waals surface area contributed by atoms with Gasteiger partial charge >= 0.3 is 0 Å². The SMILES string of the molecule is CCn1c(N)c(C(=O)NC)c(=O)c2ccc(C#CC(O)(COC)COC)nc21. The Labute approximate surface area is 162 Å². The maximum Gasteiger partial charge on any atom is 0.258 e. The van der Waals surface area contributed by atoms with Crippen LogP contribution in [0.1, 0.15) is 23.0 Å². The lowest BCUT2D eigenvalue weighted by Crippen LogP contribution is -2.37. The number of carbonyl (C=O) groups is 1. The first-order valence-electron chi connectivity index (χ1n) is 8.60. The molecule has 0 saturated carbocycles. The van der Waals surface area contributed by atoms with E-state index < -0.39 is 16.9 Å². The number of amides is 1. The van der Waals surface area contributed by atoms with Crippen molar-refractivity contribution in [2.75, 3.05) is 40.2 Å². The van der Waals surface area contributed by atoms with Gasteiger partial charge in [-0.1, -0.05) is 5.92 Å². The van der Waals surface area contributed by atoms with E-state index in [1.807, 2.05) is 6.92 Å². The predicted octanol–water partition coefficient (Wildman–Crippen LogP) is -0.266. The third-order valence-electron chi connectivity index (χ3n) is 4.11. The maximum absolute atomic E-state index is 12.7. The molecule has 2 aromatic heterocycles. The van der Waals surface area contributed by atoms with Crippen LogP contribution in [0.4, 0.5) is 5.82 Å². The Morgan fingerprint density at radius 2 is 2.00 bits per heavy atom. The molecule has 9 heteroatoms. The minimum Gasteiger partial charge on any atom is -0.384 e. The predicted molar refractivity (Wildman–Crippen MR) is 105 cm³/mol. The summed E-state index contributed by atoms with van der Waals surface area (Å²) in [6, 6.07) is 3.08. The molecular weight excluding hydrogens is 364 g/mol. The molecule has 0 bridgehead atoms. The van der Waals surface area contributed by atoms with E-state index >= 15 is 0 Å². The van der Waals surface area contributed by atoms with Crippen molar-refractivity contribution in [2.45, 2.75) is 19.1 Å². The lowest BCUT2D eigenvalue weighted by molar-refractivity contribution is -0.0373. The molecule has 4 N–H and O–H groups in total. The van der Waals surface area contributed by atoms with Crippen LogP contribution in [0.3, 0.4) is 0 Å². The Bertz CT molecular complexity index is 997. The Kier molecular flexibility index (Phi) is 6.75. The molecule has 2 aromatic rings. The van der Waals surface area contributed by atoms with E-state index in [-0.39, 0.29) is 30.0 Å². The maximum atomic E-state index is 12.7. The van der Waals surface area contributed by atoms with Crippen molar-refractivity contribution in [1.82, 2.24) is 14.9 Å². The number of carbonyl (C=O) groups excluding carboxylic acids is 1. The number of methoxy groups -OCH3 is 2. The number of fused-ring (bicyclic) bond motifs is 1. The first-order valence-corrected chi connectivity index (χ1v) is 8.60. The highest BCUT2D eigenvalue weighted by atomic mass is 16.5. The number of hydrogen-bond acceptors (Lipinski definition) is 7. The van der Waals surface area contributed by atoms with Crippen molar-refractivity contribution in [2.24, 2.45) is 0 Å². The molecule has 28 heavy (non-hydrogen) atoms. The molecule has 0 aliphatic rings. The molecule has 1 amide bonds. The van der Waals surface area contributed by atoms with Crippen molar-refractivity contribution >= 4 is 22.8 Å². The number of anilines is 1. The van der Waals surface area contributed by atoms with E-state index in [9.17, 15) is 14.7 Å². The summed E-state index contributed by atoms with van der Waals surface area (Å²) < 4.78 is 11.5. The van der Waals surface area contributed by atoms with Gasteiger partial charge in [0.15, 0.2) is 5.60 Å². The van der Waals surface area contributed by atoms with Crippen molar-refractivity contribution < 1.29 is 19.4 Å². The smallest absolute Gasteiger partial charge is 0.258 e.